The molecular weight excluding hydrogens is 560 g/mol. The fourth-order valence-electron chi connectivity index (χ4n) is 6.35. The van der Waals surface area contributed by atoms with Crippen molar-refractivity contribution in [3.63, 3.8) is 0 Å². The zero-order chi connectivity index (χ0) is 31.3. The highest BCUT2D eigenvalue weighted by molar-refractivity contribution is 5.29. The largest absolute Gasteiger partial charge is 0.508 e. The van der Waals surface area contributed by atoms with Crippen molar-refractivity contribution >= 4 is 0 Å². The molecule has 2 aromatic rings. The van der Waals surface area contributed by atoms with E-state index in [4.69, 9.17) is 18.9 Å². The Morgan fingerprint density at radius 3 is 1.61 bits per heavy atom. The van der Waals surface area contributed by atoms with E-state index < -0.39 is 18.7 Å². The second-order valence-corrected chi connectivity index (χ2v) is 12.7. The number of unbranched alkanes of at least 4 members (excludes halogenated alkanes) is 2. The van der Waals surface area contributed by atoms with Gasteiger partial charge in [0.1, 0.15) is 11.5 Å². The Kier molecular flexibility index (Phi) is 14.2. The third kappa shape index (κ3) is 11.3. The van der Waals surface area contributed by atoms with Crippen molar-refractivity contribution in [3.8, 4) is 11.5 Å². The van der Waals surface area contributed by atoms with E-state index in [0.717, 1.165) is 88.2 Å². The Balaban J connectivity index is 1.30. The van der Waals surface area contributed by atoms with Gasteiger partial charge in [-0.15, -0.1) is 0 Å². The molecule has 0 aromatic heterocycles. The van der Waals surface area contributed by atoms with Crippen molar-refractivity contribution in [1.82, 2.24) is 0 Å². The lowest BCUT2D eigenvalue weighted by atomic mass is 9.95. The number of aromatic hydroxyl groups is 2. The van der Waals surface area contributed by atoms with Crippen molar-refractivity contribution in [1.29, 1.82) is 0 Å². The van der Waals surface area contributed by atoms with Crippen LogP contribution in [-0.2, 0) is 18.9 Å². The Bertz CT molecular complexity index is 1100. The highest BCUT2D eigenvalue weighted by Crippen LogP contribution is 2.37. The van der Waals surface area contributed by atoms with Gasteiger partial charge in [-0.2, -0.15) is 0 Å². The van der Waals surface area contributed by atoms with Gasteiger partial charge in [-0.1, -0.05) is 57.4 Å². The molecule has 0 aliphatic carbocycles. The molecule has 2 aliphatic heterocycles. The molecule has 0 saturated carbocycles. The van der Waals surface area contributed by atoms with E-state index in [2.05, 4.69) is 6.92 Å². The van der Waals surface area contributed by atoms with Crippen LogP contribution in [0.5, 0.6) is 11.5 Å². The number of phenols is 2. The van der Waals surface area contributed by atoms with Crippen LogP contribution in [-0.4, -0.2) is 57.0 Å². The van der Waals surface area contributed by atoms with Crippen LogP contribution in [0.3, 0.4) is 0 Å². The molecule has 2 aliphatic rings. The minimum Gasteiger partial charge on any atom is -0.508 e. The van der Waals surface area contributed by atoms with Gasteiger partial charge in [0.2, 0.25) is 0 Å². The van der Waals surface area contributed by atoms with Crippen molar-refractivity contribution < 1.29 is 39.4 Å². The van der Waals surface area contributed by atoms with Crippen molar-refractivity contribution in [2.75, 3.05) is 0 Å². The zero-order valence-electron chi connectivity index (χ0n) is 26.6. The minimum atomic E-state index is -0.556. The van der Waals surface area contributed by atoms with Gasteiger partial charge in [0, 0.05) is 24.0 Å². The standard InChI is InChI=1S/C36H54O8/c1-3-5-6-17-31-24-34(44-36(41-31)26-12-8-15-29(39)21-26)22-30(40)16-10-19-33-23-32(18-9-13-27(37)4-2)42-35(43-33)25-11-7-14-28(38)20-25/h7-8,11-12,14-15,20-21,27,30-40H,3-6,9-10,13,16-19,22-24H2,1-2H3. The summed E-state index contributed by atoms with van der Waals surface area (Å²) in [6.45, 7) is 4.18. The number of hydrogen-bond donors (Lipinski definition) is 4. The Labute approximate surface area is 263 Å². The monoisotopic (exact) mass is 614 g/mol. The Morgan fingerprint density at radius 1 is 0.636 bits per heavy atom. The van der Waals surface area contributed by atoms with Gasteiger partial charge in [-0.25, -0.2) is 0 Å². The summed E-state index contributed by atoms with van der Waals surface area (Å²) in [5.41, 5.74) is 1.58. The fraction of sp³-hybridized carbons (Fsp3) is 0.667. The first-order valence-electron chi connectivity index (χ1n) is 16.9. The summed E-state index contributed by atoms with van der Waals surface area (Å²) in [5.74, 6) is 0.360. The number of aliphatic hydroxyl groups is 2. The molecule has 2 saturated heterocycles. The van der Waals surface area contributed by atoms with Crippen LogP contribution in [0.2, 0.25) is 0 Å². The number of ether oxygens (including phenoxy) is 4. The first-order valence-corrected chi connectivity index (χ1v) is 16.9. The maximum atomic E-state index is 11.1. The van der Waals surface area contributed by atoms with Gasteiger partial charge >= 0.3 is 0 Å². The molecule has 2 aromatic carbocycles. The van der Waals surface area contributed by atoms with E-state index in [9.17, 15) is 20.4 Å². The molecule has 246 valence electrons. The average Bonchev–Trinajstić information content (AvgIpc) is 3.01. The van der Waals surface area contributed by atoms with Crippen LogP contribution in [0.15, 0.2) is 48.5 Å². The summed E-state index contributed by atoms with van der Waals surface area (Å²) in [4.78, 5) is 0. The third-order valence-corrected chi connectivity index (χ3v) is 8.86. The highest BCUT2D eigenvalue weighted by Gasteiger charge is 2.33. The molecule has 0 amide bonds. The van der Waals surface area contributed by atoms with E-state index in [1.54, 1.807) is 36.4 Å². The van der Waals surface area contributed by atoms with E-state index >= 15 is 0 Å². The first kappa shape index (κ1) is 34.7. The van der Waals surface area contributed by atoms with Gasteiger partial charge in [0.05, 0.1) is 36.6 Å². The molecule has 8 atom stereocenters. The van der Waals surface area contributed by atoms with Crippen LogP contribution >= 0.6 is 0 Å². The molecule has 4 N–H and O–H groups in total. The maximum absolute atomic E-state index is 11.1. The second-order valence-electron chi connectivity index (χ2n) is 12.7. The number of benzene rings is 2. The number of aliphatic hydroxyl groups excluding tert-OH is 2. The fourth-order valence-corrected chi connectivity index (χ4v) is 6.35. The molecule has 8 heteroatoms. The molecular formula is C36H54O8. The summed E-state index contributed by atoms with van der Waals surface area (Å²) in [5, 5.41) is 41.1. The zero-order valence-corrected chi connectivity index (χ0v) is 26.6. The van der Waals surface area contributed by atoms with E-state index in [1.807, 2.05) is 19.1 Å². The Hall–Kier alpha value is -2.20. The normalized spacial score (nSPS) is 27.2. The van der Waals surface area contributed by atoms with Gasteiger partial charge < -0.3 is 39.4 Å². The molecule has 0 spiro atoms. The molecule has 4 rings (SSSR count). The van der Waals surface area contributed by atoms with Crippen LogP contribution in [0.1, 0.15) is 127 Å². The summed E-state index contributed by atoms with van der Waals surface area (Å²) in [6, 6.07) is 14.0. The molecule has 0 bridgehead atoms. The van der Waals surface area contributed by atoms with Crippen molar-refractivity contribution in [2.24, 2.45) is 0 Å². The smallest absolute Gasteiger partial charge is 0.184 e. The average molecular weight is 615 g/mol. The molecule has 44 heavy (non-hydrogen) atoms. The number of hydrogen-bond acceptors (Lipinski definition) is 8. The molecule has 2 heterocycles. The minimum absolute atomic E-state index is 0.00437. The van der Waals surface area contributed by atoms with Gasteiger partial charge in [0.15, 0.2) is 12.6 Å². The van der Waals surface area contributed by atoms with Crippen LogP contribution in [0, 0.1) is 0 Å². The third-order valence-electron chi connectivity index (χ3n) is 8.86. The summed E-state index contributed by atoms with van der Waals surface area (Å²) in [7, 11) is 0. The molecule has 8 nitrogen and oxygen atoms in total. The number of rotatable bonds is 17. The van der Waals surface area contributed by atoms with Crippen molar-refractivity contribution in [3.05, 3.63) is 59.7 Å². The van der Waals surface area contributed by atoms with Crippen LogP contribution < -0.4 is 0 Å². The predicted molar refractivity (Wildman–Crippen MR) is 169 cm³/mol. The number of phenolic OH excluding ortho intramolecular Hbond substituents is 2. The van der Waals surface area contributed by atoms with Gasteiger partial charge in [0.25, 0.3) is 0 Å². The molecule has 0 radical (unpaired) electrons. The summed E-state index contributed by atoms with van der Waals surface area (Å²) >= 11 is 0. The first-order chi connectivity index (χ1) is 21.3. The van der Waals surface area contributed by atoms with E-state index in [0.29, 0.717) is 12.8 Å². The van der Waals surface area contributed by atoms with Crippen molar-refractivity contribution in [2.45, 2.75) is 153 Å². The molecule has 2 fully saturated rings. The van der Waals surface area contributed by atoms with Crippen LogP contribution in [0.4, 0.5) is 0 Å². The maximum Gasteiger partial charge on any atom is 0.184 e. The van der Waals surface area contributed by atoms with Crippen LogP contribution in [0.25, 0.3) is 0 Å². The lowest BCUT2D eigenvalue weighted by Crippen LogP contribution is -2.36. The van der Waals surface area contributed by atoms with E-state index in [-0.39, 0.29) is 42.0 Å². The Morgan fingerprint density at radius 2 is 1.11 bits per heavy atom. The van der Waals surface area contributed by atoms with E-state index in [1.165, 1.54) is 0 Å². The second kappa shape index (κ2) is 18.1. The van der Waals surface area contributed by atoms with Gasteiger partial charge in [-0.05, 0) is 82.1 Å². The van der Waals surface area contributed by atoms with Gasteiger partial charge in [-0.3, -0.25) is 0 Å². The molecule has 8 unspecified atom stereocenters. The SMILES string of the molecule is CCCCCC1CC(CC(O)CCCC2CC(CCCC(O)CC)OC(c3cccc(O)c3)O2)OC(c2cccc(O)c2)O1. The highest BCUT2D eigenvalue weighted by atomic mass is 16.7. The lowest BCUT2D eigenvalue weighted by Gasteiger charge is -2.37. The topological polar surface area (TPSA) is 118 Å². The summed E-state index contributed by atoms with van der Waals surface area (Å²) in [6.07, 6.45) is 9.89. The quantitative estimate of drug-likeness (QED) is 0.135. The summed E-state index contributed by atoms with van der Waals surface area (Å²) < 4.78 is 25.2. The lowest BCUT2D eigenvalue weighted by molar-refractivity contribution is -0.254. The predicted octanol–water partition coefficient (Wildman–Crippen LogP) is 7.59.